The Bertz CT molecular complexity index is 363. The van der Waals surface area contributed by atoms with Gasteiger partial charge < -0.3 is 10.8 Å². The minimum absolute atomic E-state index is 0.311. The van der Waals surface area contributed by atoms with Crippen LogP contribution in [0.4, 0.5) is 0 Å². The van der Waals surface area contributed by atoms with Crippen molar-refractivity contribution in [3.05, 3.63) is 35.4 Å². The van der Waals surface area contributed by atoms with Crippen molar-refractivity contribution in [2.45, 2.75) is 25.5 Å². The highest BCUT2D eigenvalue weighted by Crippen LogP contribution is 2.19. The van der Waals surface area contributed by atoms with Gasteiger partial charge in [0.15, 0.2) is 0 Å². The average molecular weight is 220 g/mol. The molecule has 3 N–H and O–H groups in total. The summed E-state index contributed by atoms with van der Waals surface area (Å²) in [6, 6.07) is 8.51. The molecule has 0 aliphatic carbocycles. The van der Waals surface area contributed by atoms with Crippen LogP contribution in [-0.2, 0) is 13.0 Å². The lowest BCUT2D eigenvalue weighted by molar-refractivity contribution is 0.0231. The van der Waals surface area contributed by atoms with Crippen molar-refractivity contribution in [3.63, 3.8) is 0 Å². The number of aliphatic hydroxyl groups is 1. The zero-order valence-electron chi connectivity index (χ0n) is 9.82. The number of β-amino-alcohol motifs (C(OH)–C–C–N with tert-alkyl or cyclic N) is 1. The first kappa shape index (κ1) is 11.6. The summed E-state index contributed by atoms with van der Waals surface area (Å²) in [5.41, 5.74) is 7.58. The molecule has 88 valence electrons. The van der Waals surface area contributed by atoms with Crippen LogP contribution in [0.2, 0.25) is 0 Å². The van der Waals surface area contributed by atoms with Crippen LogP contribution < -0.4 is 5.73 Å². The van der Waals surface area contributed by atoms with Crippen molar-refractivity contribution in [1.29, 1.82) is 0 Å². The van der Waals surface area contributed by atoms with Gasteiger partial charge in [-0.3, -0.25) is 4.90 Å². The van der Waals surface area contributed by atoms with Crippen LogP contribution in [0.1, 0.15) is 18.1 Å². The van der Waals surface area contributed by atoms with Crippen molar-refractivity contribution in [3.8, 4) is 0 Å². The molecule has 0 saturated heterocycles. The van der Waals surface area contributed by atoms with Crippen molar-refractivity contribution in [1.82, 2.24) is 4.90 Å². The number of rotatable bonds is 3. The summed E-state index contributed by atoms with van der Waals surface area (Å²) >= 11 is 0. The van der Waals surface area contributed by atoms with E-state index in [9.17, 15) is 5.11 Å². The average Bonchev–Trinajstić information content (AvgIpc) is 2.28. The molecule has 0 saturated carbocycles. The molecule has 0 aromatic heterocycles. The second-order valence-electron chi connectivity index (χ2n) is 4.93. The predicted octanol–water partition coefficient (Wildman–Crippen LogP) is 0.754. The molecule has 1 unspecified atom stereocenters. The van der Waals surface area contributed by atoms with E-state index in [-0.39, 0.29) is 0 Å². The molecule has 0 spiro atoms. The molecule has 0 amide bonds. The van der Waals surface area contributed by atoms with E-state index in [4.69, 9.17) is 5.73 Å². The van der Waals surface area contributed by atoms with Crippen molar-refractivity contribution in [2.24, 2.45) is 5.73 Å². The smallest absolute Gasteiger partial charge is 0.0867 e. The second-order valence-corrected chi connectivity index (χ2v) is 4.93. The Labute approximate surface area is 96.9 Å². The summed E-state index contributed by atoms with van der Waals surface area (Å²) in [6.07, 6.45) is 1.07. The number of hydrogen-bond acceptors (Lipinski definition) is 3. The predicted molar refractivity (Wildman–Crippen MR) is 65.1 cm³/mol. The molecule has 3 heteroatoms. The van der Waals surface area contributed by atoms with Crippen LogP contribution in [0.3, 0.4) is 0 Å². The third-order valence-electron chi connectivity index (χ3n) is 3.21. The fourth-order valence-electron chi connectivity index (χ4n) is 2.24. The summed E-state index contributed by atoms with van der Waals surface area (Å²) in [5, 5.41) is 9.96. The number of hydrogen-bond donors (Lipinski definition) is 2. The monoisotopic (exact) mass is 220 g/mol. The highest BCUT2D eigenvalue weighted by molar-refractivity contribution is 5.29. The van der Waals surface area contributed by atoms with Gasteiger partial charge in [0.2, 0.25) is 0 Å². The standard InChI is InChI=1S/C13H20N2O/c1-13(16,9-14)10-15-7-6-11-4-2-3-5-12(11)8-15/h2-5,16H,6-10,14H2,1H3. The molecule has 1 aromatic carbocycles. The summed E-state index contributed by atoms with van der Waals surface area (Å²) in [6.45, 7) is 4.69. The summed E-state index contributed by atoms with van der Waals surface area (Å²) in [5.74, 6) is 0. The van der Waals surface area contributed by atoms with Crippen LogP contribution >= 0.6 is 0 Å². The van der Waals surface area contributed by atoms with Gasteiger partial charge in [0.1, 0.15) is 0 Å². The van der Waals surface area contributed by atoms with Gasteiger partial charge >= 0.3 is 0 Å². The van der Waals surface area contributed by atoms with Gasteiger partial charge in [-0.15, -0.1) is 0 Å². The Hall–Kier alpha value is -0.900. The van der Waals surface area contributed by atoms with E-state index in [1.807, 2.05) is 0 Å². The highest BCUT2D eigenvalue weighted by Gasteiger charge is 2.24. The Kier molecular flexibility index (Phi) is 3.28. The maximum absolute atomic E-state index is 9.96. The zero-order valence-corrected chi connectivity index (χ0v) is 9.82. The molecule has 0 fully saturated rings. The second kappa shape index (κ2) is 4.53. The van der Waals surface area contributed by atoms with Crippen molar-refractivity contribution in [2.75, 3.05) is 19.6 Å². The number of benzene rings is 1. The normalized spacial score (nSPS) is 20.2. The van der Waals surface area contributed by atoms with Gasteiger partial charge in [0.25, 0.3) is 0 Å². The minimum Gasteiger partial charge on any atom is -0.388 e. The van der Waals surface area contributed by atoms with Gasteiger partial charge in [-0.1, -0.05) is 24.3 Å². The van der Waals surface area contributed by atoms with E-state index in [0.29, 0.717) is 13.1 Å². The first-order valence-electron chi connectivity index (χ1n) is 5.82. The van der Waals surface area contributed by atoms with E-state index in [1.165, 1.54) is 11.1 Å². The topological polar surface area (TPSA) is 49.5 Å². The maximum Gasteiger partial charge on any atom is 0.0867 e. The maximum atomic E-state index is 9.96. The number of fused-ring (bicyclic) bond motifs is 1. The Morgan fingerprint density at radius 2 is 2.06 bits per heavy atom. The summed E-state index contributed by atoms with van der Waals surface area (Å²) in [4.78, 5) is 2.27. The van der Waals surface area contributed by atoms with Gasteiger partial charge in [0.05, 0.1) is 5.60 Å². The molecular weight excluding hydrogens is 200 g/mol. The quantitative estimate of drug-likeness (QED) is 0.790. The molecular formula is C13H20N2O. The van der Waals surface area contributed by atoms with E-state index in [2.05, 4.69) is 29.2 Å². The first-order chi connectivity index (χ1) is 7.61. The largest absolute Gasteiger partial charge is 0.388 e. The van der Waals surface area contributed by atoms with Crippen LogP contribution in [0.15, 0.2) is 24.3 Å². The van der Waals surface area contributed by atoms with Crippen molar-refractivity contribution >= 4 is 0 Å². The number of nitrogens with two attached hydrogens (primary N) is 1. The summed E-state index contributed by atoms with van der Waals surface area (Å²) < 4.78 is 0. The first-order valence-corrected chi connectivity index (χ1v) is 5.82. The van der Waals surface area contributed by atoms with Gasteiger partial charge in [-0.2, -0.15) is 0 Å². The lowest BCUT2D eigenvalue weighted by Gasteiger charge is -2.34. The third kappa shape index (κ3) is 2.61. The van der Waals surface area contributed by atoms with E-state index in [0.717, 1.165) is 19.5 Å². The van der Waals surface area contributed by atoms with Gasteiger partial charge in [0, 0.05) is 26.2 Å². The van der Waals surface area contributed by atoms with Gasteiger partial charge in [-0.05, 0) is 24.5 Å². The van der Waals surface area contributed by atoms with E-state index < -0.39 is 5.60 Å². The fraction of sp³-hybridized carbons (Fsp3) is 0.538. The summed E-state index contributed by atoms with van der Waals surface area (Å²) in [7, 11) is 0. The molecule has 1 aromatic rings. The Morgan fingerprint density at radius 3 is 2.75 bits per heavy atom. The van der Waals surface area contributed by atoms with E-state index in [1.54, 1.807) is 6.92 Å². The molecule has 1 atom stereocenters. The lowest BCUT2D eigenvalue weighted by atomic mass is 9.98. The molecule has 2 rings (SSSR count). The third-order valence-corrected chi connectivity index (χ3v) is 3.21. The van der Waals surface area contributed by atoms with Gasteiger partial charge in [-0.25, -0.2) is 0 Å². The molecule has 1 heterocycles. The number of nitrogens with zero attached hydrogens (tertiary/aromatic N) is 1. The van der Waals surface area contributed by atoms with E-state index >= 15 is 0 Å². The molecule has 0 bridgehead atoms. The van der Waals surface area contributed by atoms with Crippen molar-refractivity contribution < 1.29 is 5.11 Å². The fourth-order valence-corrected chi connectivity index (χ4v) is 2.24. The molecule has 1 aliphatic heterocycles. The highest BCUT2D eigenvalue weighted by atomic mass is 16.3. The zero-order chi connectivity index (χ0) is 11.6. The molecule has 0 radical (unpaired) electrons. The lowest BCUT2D eigenvalue weighted by Crippen LogP contribution is -2.47. The molecule has 16 heavy (non-hydrogen) atoms. The van der Waals surface area contributed by atoms with Crippen LogP contribution in [0.5, 0.6) is 0 Å². The van der Waals surface area contributed by atoms with Crippen LogP contribution in [0.25, 0.3) is 0 Å². The van der Waals surface area contributed by atoms with Crippen LogP contribution in [-0.4, -0.2) is 35.2 Å². The Morgan fingerprint density at radius 1 is 1.38 bits per heavy atom. The Balaban J connectivity index is 2.03. The SMILES string of the molecule is CC(O)(CN)CN1CCc2ccccc2C1. The van der Waals surface area contributed by atoms with Crippen LogP contribution in [0, 0.1) is 0 Å². The minimum atomic E-state index is -0.772. The molecule has 1 aliphatic rings. The molecule has 3 nitrogen and oxygen atoms in total.